The zero-order chi connectivity index (χ0) is 19.5. The highest BCUT2D eigenvalue weighted by atomic mass is 32.2. The smallest absolute Gasteiger partial charge is 0.376 e. The van der Waals surface area contributed by atoms with Crippen molar-refractivity contribution in [3.63, 3.8) is 0 Å². The van der Waals surface area contributed by atoms with Gasteiger partial charge in [-0.15, -0.1) is 0 Å². The minimum atomic E-state index is -6.24. The fourth-order valence-corrected chi connectivity index (χ4v) is 1.36. The van der Waals surface area contributed by atoms with Crippen molar-refractivity contribution in [2.24, 2.45) is 0 Å². The van der Waals surface area contributed by atoms with Gasteiger partial charge < -0.3 is 4.18 Å². The van der Waals surface area contributed by atoms with E-state index in [1.54, 1.807) is 0 Å². The summed E-state index contributed by atoms with van der Waals surface area (Å²) >= 11 is 0. The molecule has 0 amide bonds. The third-order valence-electron chi connectivity index (χ3n) is 1.70. The molecule has 0 spiro atoms. The number of hydrogen-bond donors (Lipinski definition) is 0. The van der Waals surface area contributed by atoms with E-state index < -0.39 is 74.4 Å². The quantitative estimate of drug-likeness (QED) is 0.628. The van der Waals surface area contributed by atoms with Gasteiger partial charge in [-0.2, -0.15) is 21.6 Å². The maximum atomic E-state index is 12.5. The van der Waals surface area contributed by atoms with Gasteiger partial charge in [0.1, 0.15) is 5.75 Å². The first-order valence-electron chi connectivity index (χ1n) is 7.73. The van der Waals surface area contributed by atoms with Crippen LogP contribution in [0.2, 0.25) is 0 Å². The zero-order valence-electron chi connectivity index (χ0n) is 15.3. The Bertz CT molecular complexity index is 1010. The highest BCUT2D eigenvalue weighted by molar-refractivity contribution is 7.88. The Morgan fingerprint density at radius 2 is 1.67 bits per heavy atom. The molecule has 0 aliphatic rings. The molecule has 0 N–H and O–H groups in total. The molecule has 0 aromatic heterocycles. The van der Waals surface area contributed by atoms with Crippen LogP contribution in [0.4, 0.5) is 13.2 Å². The van der Waals surface area contributed by atoms with E-state index in [9.17, 15) is 21.6 Å². The molecule has 0 atom stereocenters. The molecule has 3 nitrogen and oxygen atoms in total. The molecule has 0 radical (unpaired) electrons. The van der Waals surface area contributed by atoms with Gasteiger partial charge in [0.05, 0.1) is 9.60 Å². The minimum absolute atomic E-state index is 0.599. The topological polar surface area (TPSA) is 43.4 Å². The third-order valence-corrected chi connectivity index (χ3v) is 2.66. The van der Waals surface area contributed by atoms with Crippen LogP contribution in [0.25, 0.3) is 10.8 Å². The van der Waals surface area contributed by atoms with Crippen molar-refractivity contribution in [3.05, 3.63) is 42.3 Å². The molecule has 0 unspecified atom stereocenters. The van der Waals surface area contributed by atoms with Crippen LogP contribution in [-0.4, -0.2) is 13.9 Å². The first-order valence-corrected chi connectivity index (χ1v) is 5.63. The van der Waals surface area contributed by atoms with Gasteiger partial charge in [-0.3, -0.25) is 0 Å². The predicted octanol–water partition coefficient (Wildman–Crippen LogP) is 3.07. The lowest BCUT2D eigenvalue weighted by Gasteiger charge is -2.09. The van der Waals surface area contributed by atoms with Crippen molar-refractivity contribution in [1.29, 1.82) is 0 Å². The van der Waals surface area contributed by atoms with Crippen LogP contribution < -0.4 is 4.18 Å². The molecule has 18 heavy (non-hydrogen) atoms. The van der Waals surface area contributed by atoms with Crippen molar-refractivity contribution in [2.75, 3.05) is 0 Å². The van der Waals surface area contributed by atoms with Gasteiger partial charge in [0.15, 0.2) is 0 Å². The summed E-state index contributed by atoms with van der Waals surface area (Å²) < 4.78 is 117. The molecule has 0 heterocycles. The zero-order valence-corrected chi connectivity index (χ0v) is 9.08. The average Bonchev–Trinajstić information content (AvgIpc) is 2.49. The molecule has 0 bridgehead atoms. The molecular weight excluding hydrogens is 269 g/mol. The number of halogens is 3. The SMILES string of the molecule is [2H]c1c([2H])c([2H])c2c([2H])c(OS(=O)(=O)C(F)(F)F)c([2H])c([2H])c2c1[2H]. The molecular formula is C11H7F3O3S. The molecule has 2 rings (SSSR count). The lowest BCUT2D eigenvalue weighted by molar-refractivity contribution is -0.0500. The summed E-state index contributed by atoms with van der Waals surface area (Å²) in [7, 11) is -6.24. The van der Waals surface area contributed by atoms with Gasteiger partial charge in [0.2, 0.25) is 0 Å². The molecule has 0 fully saturated rings. The van der Waals surface area contributed by atoms with Crippen LogP contribution in [0.1, 0.15) is 9.60 Å². The lowest BCUT2D eigenvalue weighted by Crippen LogP contribution is -2.28. The minimum Gasteiger partial charge on any atom is -0.376 e. The Labute approximate surface area is 111 Å². The van der Waals surface area contributed by atoms with Crippen molar-refractivity contribution in [1.82, 2.24) is 0 Å². The molecule has 2 aromatic carbocycles. The van der Waals surface area contributed by atoms with Crippen LogP contribution in [0.15, 0.2) is 42.3 Å². The summed E-state index contributed by atoms with van der Waals surface area (Å²) in [5.41, 5.74) is -5.85. The Kier molecular flexibility index (Phi) is 1.49. The number of alkyl halides is 3. The van der Waals surface area contributed by atoms with Crippen molar-refractivity contribution in [2.45, 2.75) is 5.51 Å². The van der Waals surface area contributed by atoms with E-state index >= 15 is 0 Å². The largest absolute Gasteiger partial charge is 0.534 e. The Hall–Kier alpha value is -1.76. The maximum Gasteiger partial charge on any atom is 0.534 e. The van der Waals surface area contributed by atoms with Crippen LogP contribution in [-0.2, 0) is 10.1 Å². The number of benzene rings is 2. The molecule has 0 aliphatic heterocycles. The number of hydrogen-bond acceptors (Lipinski definition) is 3. The fraction of sp³-hybridized carbons (Fsp3) is 0.0909. The maximum absolute atomic E-state index is 12.5. The van der Waals surface area contributed by atoms with Crippen LogP contribution in [0.3, 0.4) is 0 Å². The summed E-state index contributed by atoms with van der Waals surface area (Å²) in [5.74, 6) is -1.44. The van der Waals surface area contributed by atoms with Gasteiger partial charge in [-0.25, -0.2) is 0 Å². The summed E-state index contributed by atoms with van der Waals surface area (Å²) in [6.45, 7) is 0. The average molecular weight is 283 g/mol. The van der Waals surface area contributed by atoms with Gasteiger partial charge >= 0.3 is 15.6 Å². The van der Waals surface area contributed by atoms with Crippen molar-refractivity contribution < 1.29 is 35.4 Å². The second-order valence-corrected chi connectivity index (χ2v) is 4.48. The lowest BCUT2D eigenvalue weighted by atomic mass is 10.1. The standard InChI is InChI=1S/C11H7F3O3S/c12-11(13,14)18(15,16)17-10-6-5-8-3-1-2-4-9(8)7-10/h1-7H/i1D,2D,3D,4D,5D,6D,7D. The fourth-order valence-electron chi connectivity index (χ4n) is 0.963. The second-order valence-electron chi connectivity index (χ2n) is 2.94. The van der Waals surface area contributed by atoms with Crippen LogP contribution >= 0.6 is 0 Å². The first kappa shape index (κ1) is 6.42. The highest BCUT2D eigenvalue weighted by Crippen LogP contribution is 2.28. The van der Waals surface area contributed by atoms with E-state index in [4.69, 9.17) is 9.60 Å². The summed E-state index contributed by atoms with van der Waals surface area (Å²) in [6, 6.07) is -6.66. The normalized spacial score (nSPS) is 18.1. The van der Waals surface area contributed by atoms with E-state index in [1.165, 1.54) is 0 Å². The molecule has 0 saturated carbocycles. The van der Waals surface area contributed by atoms with Gasteiger partial charge in [-0.1, -0.05) is 30.2 Å². The Morgan fingerprint density at radius 1 is 1.06 bits per heavy atom. The molecule has 0 saturated heterocycles. The first-order chi connectivity index (χ1) is 11.2. The van der Waals surface area contributed by atoms with Crippen LogP contribution in [0.5, 0.6) is 5.75 Å². The summed E-state index contributed by atoms with van der Waals surface area (Å²) in [6.07, 6.45) is 0. The van der Waals surface area contributed by atoms with Crippen molar-refractivity contribution >= 4 is 20.9 Å². The number of fused-ring (bicyclic) bond motifs is 1. The Balaban J connectivity index is 2.96. The summed E-state index contributed by atoms with van der Waals surface area (Å²) in [5, 5.41) is -1.32. The van der Waals surface area contributed by atoms with Gasteiger partial charge in [0, 0.05) is 0 Å². The predicted molar refractivity (Wildman–Crippen MR) is 59.6 cm³/mol. The molecule has 7 heteroatoms. The number of rotatable bonds is 2. The van der Waals surface area contributed by atoms with Gasteiger partial charge in [-0.05, 0) is 22.9 Å². The van der Waals surface area contributed by atoms with E-state index in [-0.39, 0.29) is 0 Å². The molecule has 2 aromatic rings. The molecule has 96 valence electrons. The van der Waals surface area contributed by atoms with Gasteiger partial charge in [0.25, 0.3) is 0 Å². The highest BCUT2D eigenvalue weighted by Gasteiger charge is 2.48. The van der Waals surface area contributed by atoms with Crippen LogP contribution in [0, 0.1) is 0 Å². The van der Waals surface area contributed by atoms with E-state index in [0.29, 0.717) is 0 Å². The van der Waals surface area contributed by atoms with E-state index in [0.717, 1.165) is 0 Å². The van der Waals surface area contributed by atoms with E-state index in [1.807, 2.05) is 0 Å². The molecule has 0 aliphatic carbocycles. The third kappa shape index (κ3) is 2.40. The second kappa shape index (κ2) is 4.16. The monoisotopic (exact) mass is 283 g/mol. The van der Waals surface area contributed by atoms with Crippen molar-refractivity contribution in [3.8, 4) is 5.75 Å². The van der Waals surface area contributed by atoms with E-state index in [2.05, 4.69) is 4.18 Å². The Morgan fingerprint density at radius 3 is 2.28 bits per heavy atom. The summed E-state index contributed by atoms with van der Waals surface area (Å²) in [4.78, 5) is 0.